The molecule has 0 bridgehead atoms. The molecule has 0 heterocycles. The fourth-order valence-corrected chi connectivity index (χ4v) is 2.10. The lowest BCUT2D eigenvalue weighted by molar-refractivity contribution is 0.0721. The second-order valence-corrected chi connectivity index (χ2v) is 4.85. The summed E-state index contributed by atoms with van der Waals surface area (Å²) in [4.78, 5) is 14.0. The predicted molar refractivity (Wildman–Crippen MR) is 72.2 cm³/mol. The summed E-state index contributed by atoms with van der Waals surface area (Å²) < 4.78 is 0.798. The summed E-state index contributed by atoms with van der Waals surface area (Å²) in [6.45, 7) is 5.02. The van der Waals surface area contributed by atoms with Gasteiger partial charge in [-0.3, -0.25) is 4.79 Å². The van der Waals surface area contributed by atoms with Gasteiger partial charge < -0.3 is 10.0 Å². The number of hydrogen-bond acceptors (Lipinski definition) is 2. The Kier molecular flexibility index (Phi) is 5.65. The first-order valence-electron chi connectivity index (χ1n) is 5.76. The highest BCUT2D eigenvalue weighted by molar-refractivity contribution is 9.10. The molecular formula is C13H18BrNO2. The number of aliphatic hydroxyl groups excluding tert-OH is 1. The van der Waals surface area contributed by atoms with E-state index in [1.165, 1.54) is 0 Å². The van der Waals surface area contributed by atoms with Crippen molar-refractivity contribution in [2.24, 2.45) is 0 Å². The summed E-state index contributed by atoms with van der Waals surface area (Å²) in [6.07, 6.45) is 0.884. The van der Waals surface area contributed by atoms with E-state index in [2.05, 4.69) is 15.9 Å². The van der Waals surface area contributed by atoms with E-state index >= 15 is 0 Å². The van der Waals surface area contributed by atoms with Crippen LogP contribution >= 0.6 is 15.9 Å². The first kappa shape index (κ1) is 14.2. The molecular weight excluding hydrogens is 282 g/mol. The van der Waals surface area contributed by atoms with Crippen molar-refractivity contribution < 1.29 is 9.90 Å². The molecule has 3 nitrogen and oxygen atoms in total. The van der Waals surface area contributed by atoms with Crippen LogP contribution in [-0.4, -0.2) is 35.6 Å². The number of aryl methyl sites for hydroxylation is 1. The van der Waals surface area contributed by atoms with Crippen LogP contribution in [0.4, 0.5) is 0 Å². The Morgan fingerprint density at radius 3 is 2.71 bits per heavy atom. The third-order valence-corrected chi connectivity index (χ3v) is 3.19. The standard InChI is InChI=1S/C13H18BrNO2/c1-3-6-15(7-8-16)13(17)11-9-10(2)4-5-12(11)14/h4-5,9,16H,3,6-8H2,1-2H3. The molecule has 0 aliphatic carbocycles. The van der Waals surface area contributed by atoms with Gasteiger partial charge in [-0.05, 0) is 41.4 Å². The van der Waals surface area contributed by atoms with Gasteiger partial charge in [0.15, 0.2) is 0 Å². The molecule has 0 radical (unpaired) electrons. The van der Waals surface area contributed by atoms with E-state index in [1.54, 1.807) is 4.90 Å². The van der Waals surface area contributed by atoms with Gasteiger partial charge in [0.05, 0.1) is 12.2 Å². The summed E-state index contributed by atoms with van der Waals surface area (Å²) in [5.41, 5.74) is 1.71. The summed E-state index contributed by atoms with van der Waals surface area (Å²) in [5, 5.41) is 8.98. The minimum absolute atomic E-state index is 0.00479. The maximum atomic E-state index is 12.3. The zero-order valence-corrected chi connectivity index (χ0v) is 11.8. The second kappa shape index (κ2) is 6.77. The van der Waals surface area contributed by atoms with Crippen molar-refractivity contribution in [3.05, 3.63) is 33.8 Å². The van der Waals surface area contributed by atoms with Crippen molar-refractivity contribution in [1.29, 1.82) is 0 Å². The molecule has 1 N–H and O–H groups in total. The number of halogens is 1. The Labute approximate surface area is 111 Å². The molecule has 0 aliphatic rings. The molecule has 4 heteroatoms. The van der Waals surface area contributed by atoms with E-state index in [0.717, 1.165) is 16.5 Å². The van der Waals surface area contributed by atoms with Gasteiger partial charge in [0.1, 0.15) is 0 Å². The summed E-state index contributed by atoms with van der Waals surface area (Å²) in [5.74, 6) is -0.0310. The minimum atomic E-state index is -0.0310. The highest BCUT2D eigenvalue weighted by Gasteiger charge is 2.17. The minimum Gasteiger partial charge on any atom is -0.395 e. The number of hydrogen-bond donors (Lipinski definition) is 1. The van der Waals surface area contributed by atoms with Crippen LogP contribution in [0.15, 0.2) is 22.7 Å². The van der Waals surface area contributed by atoms with Crippen molar-refractivity contribution in [1.82, 2.24) is 4.90 Å². The number of carbonyl (C=O) groups is 1. The predicted octanol–water partition coefficient (Wildman–Crippen LogP) is 2.60. The van der Waals surface area contributed by atoms with Gasteiger partial charge in [-0.15, -0.1) is 0 Å². The summed E-state index contributed by atoms with van der Waals surface area (Å²) in [6, 6.07) is 5.70. The Bertz CT molecular complexity index is 387. The van der Waals surface area contributed by atoms with Crippen LogP contribution in [0.3, 0.4) is 0 Å². The summed E-state index contributed by atoms with van der Waals surface area (Å²) in [7, 11) is 0. The first-order chi connectivity index (χ1) is 8.10. The average Bonchev–Trinajstić information content (AvgIpc) is 2.31. The largest absolute Gasteiger partial charge is 0.395 e. The van der Waals surface area contributed by atoms with Gasteiger partial charge in [-0.25, -0.2) is 0 Å². The molecule has 17 heavy (non-hydrogen) atoms. The van der Waals surface area contributed by atoms with Crippen molar-refractivity contribution in [2.45, 2.75) is 20.3 Å². The van der Waals surface area contributed by atoms with E-state index in [9.17, 15) is 4.79 Å². The Morgan fingerprint density at radius 2 is 2.12 bits per heavy atom. The van der Waals surface area contributed by atoms with Crippen LogP contribution in [0.2, 0.25) is 0 Å². The normalized spacial score (nSPS) is 10.4. The average molecular weight is 300 g/mol. The molecule has 1 amide bonds. The molecule has 0 atom stereocenters. The maximum Gasteiger partial charge on any atom is 0.255 e. The van der Waals surface area contributed by atoms with Crippen LogP contribution in [0.5, 0.6) is 0 Å². The molecule has 94 valence electrons. The zero-order valence-electron chi connectivity index (χ0n) is 10.2. The quantitative estimate of drug-likeness (QED) is 0.908. The molecule has 0 aromatic heterocycles. The van der Waals surface area contributed by atoms with E-state index in [-0.39, 0.29) is 12.5 Å². The second-order valence-electron chi connectivity index (χ2n) is 4.00. The van der Waals surface area contributed by atoms with Crippen LogP contribution in [-0.2, 0) is 0 Å². The van der Waals surface area contributed by atoms with Crippen molar-refractivity contribution in [2.75, 3.05) is 19.7 Å². The molecule has 1 aromatic carbocycles. The van der Waals surface area contributed by atoms with E-state index in [1.807, 2.05) is 32.0 Å². The molecule has 1 rings (SSSR count). The van der Waals surface area contributed by atoms with Gasteiger partial charge in [-0.1, -0.05) is 18.6 Å². The lowest BCUT2D eigenvalue weighted by Gasteiger charge is -2.21. The van der Waals surface area contributed by atoms with Crippen LogP contribution in [0, 0.1) is 6.92 Å². The zero-order chi connectivity index (χ0) is 12.8. The smallest absolute Gasteiger partial charge is 0.255 e. The van der Waals surface area contributed by atoms with E-state index in [0.29, 0.717) is 18.7 Å². The van der Waals surface area contributed by atoms with Crippen LogP contribution in [0.1, 0.15) is 29.3 Å². The Balaban J connectivity index is 2.95. The van der Waals surface area contributed by atoms with Crippen molar-refractivity contribution in [3.63, 3.8) is 0 Å². The number of amides is 1. The Hall–Kier alpha value is -0.870. The van der Waals surface area contributed by atoms with Gasteiger partial charge in [0.25, 0.3) is 5.91 Å². The molecule has 0 unspecified atom stereocenters. The third-order valence-electron chi connectivity index (χ3n) is 2.50. The highest BCUT2D eigenvalue weighted by Crippen LogP contribution is 2.20. The fraction of sp³-hybridized carbons (Fsp3) is 0.462. The Morgan fingerprint density at radius 1 is 1.41 bits per heavy atom. The molecule has 0 saturated carbocycles. The van der Waals surface area contributed by atoms with E-state index in [4.69, 9.17) is 5.11 Å². The van der Waals surface area contributed by atoms with Gasteiger partial charge >= 0.3 is 0 Å². The SMILES string of the molecule is CCCN(CCO)C(=O)c1cc(C)ccc1Br. The van der Waals surface area contributed by atoms with Crippen molar-refractivity contribution >= 4 is 21.8 Å². The summed E-state index contributed by atoms with van der Waals surface area (Å²) >= 11 is 3.39. The monoisotopic (exact) mass is 299 g/mol. The molecule has 0 aliphatic heterocycles. The maximum absolute atomic E-state index is 12.3. The number of benzene rings is 1. The van der Waals surface area contributed by atoms with Crippen molar-refractivity contribution in [3.8, 4) is 0 Å². The molecule has 0 spiro atoms. The lowest BCUT2D eigenvalue weighted by Crippen LogP contribution is -2.34. The van der Waals surface area contributed by atoms with Crippen LogP contribution in [0.25, 0.3) is 0 Å². The number of rotatable bonds is 5. The fourth-order valence-electron chi connectivity index (χ4n) is 1.68. The molecule has 0 saturated heterocycles. The number of nitrogens with zero attached hydrogens (tertiary/aromatic N) is 1. The number of carbonyl (C=O) groups excluding carboxylic acids is 1. The van der Waals surface area contributed by atoms with Crippen LogP contribution < -0.4 is 0 Å². The van der Waals surface area contributed by atoms with Gasteiger partial charge in [0.2, 0.25) is 0 Å². The molecule has 1 aromatic rings. The molecule has 0 fully saturated rings. The highest BCUT2D eigenvalue weighted by atomic mass is 79.9. The van der Waals surface area contributed by atoms with Gasteiger partial charge in [0, 0.05) is 17.6 Å². The third kappa shape index (κ3) is 3.82. The topological polar surface area (TPSA) is 40.5 Å². The lowest BCUT2D eigenvalue weighted by atomic mass is 10.1. The number of aliphatic hydroxyl groups is 1. The van der Waals surface area contributed by atoms with E-state index < -0.39 is 0 Å². The van der Waals surface area contributed by atoms with Gasteiger partial charge in [-0.2, -0.15) is 0 Å². The first-order valence-corrected chi connectivity index (χ1v) is 6.55.